The van der Waals surface area contributed by atoms with Crippen LogP contribution in [0.5, 0.6) is 5.75 Å². The molecule has 158 valence electrons. The van der Waals surface area contributed by atoms with Crippen LogP contribution in [0.4, 0.5) is 5.69 Å². The summed E-state index contributed by atoms with van der Waals surface area (Å²) in [5, 5.41) is 29.9. The number of aliphatic hydroxyl groups is 1. The van der Waals surface area contributed by atoms with E-state index in [0.29, 0.717) is 22.8 Å². The third-order valence-corrected chi connectivity index (χ3v) is 6.32. The molecule has 1 aliphatic carbocycles. The van der Waals surface area contributed by atoms with Crippen molar-refractivity contribution in [1.82, 2.24) is 5.32 Å². The van der Waals surface area contributed by atoms with Gasteiger partial charge in [0.25, 0.3) is 5.91 Å². The van der Waals surface area contributed by atoms with Gasteiger partial charge in [-0.05, 0) is 42.7 Å². The van der Waals surface area contributed by atoms with Crippen molar-refractivity contribution in [3.8, 4) is 5.75 Å². The lowest BCUT2D eigenvalue weighted by Crippen LogP contribution is -2.48. The Labute approximate surface area is 181 Å². The van der Waals surface area contributed by atoms with Crippen molar-refractivity contribution in [3.05, 3.63) is 59.1 Å². The Morgan fingerprint density at radius 2 is 1.83 bits per heavy atom. The number of nitrogens with zero attached hydrogens (tertiary/aromatic N) is 2. The number of rotatable bonds is 4. The van der Waals surface area contributed by atoms with Crippen molar-refractivity contribution in [2.24, 2.45) is 11.0 Å². The van der Waals surface area contributed by atoms with E-state index >= 15 is 0 Å². The first kappa shape index (κ1) is 20.7. The molecule has 0 spiro atoms. The normalized spacial score (nSPS) is 26.4. The van der Waals surface area contributed by atoms with Gasteiger partial charge in [-0.3, -0.25) is 9.80 Å². The molecule has 4 rings (SSSR count). The van der Waals surface area contributed by atoms with Gasteiger partial charge in [0.2, 0.25) is 0 Å². The molecule has 6 nitrogen and oxygen atoms in total. The van der Waals surface area contributed by atoms with Crippen LogP contribution in [0.3, 0.4) is 0 Å². The van der Waals surface area contributed by atoms with Crippen molar-refractivity contribution in [2.75, 3.05) is 5.01 Å². The lowest BCUT2D eigenvalue weighted by atomic mass is 9.89. The maximum Gasteiger partial charge on any atom is 0.268 e. The van der Waals surface area contributed by atoms with E-state index < -0.39 is 6.10 Å². The van der Waals surface area contributed by atoms with Gasteiger partial charge in [0.15, 0.2) is 0 Å². The van der Waals surface area contributed by atoms with Gasteiger partial charge in [0.05, 0.1) is 28.9 Å². The summed E-state index contributed by atoms with van der Waals surface area (Å²) in [5.74, 6) is -0.294. The van der Waals surface area contributed by atoms with E-state index in [1.165, 1.54) is 0 Å². The van der Waals surface area contributed by atoms with Crippen molar-refractivity contribution in [3.63, 3.8) is 0 Å². The predicted molar refractivity (Wildman–Crippen MR) is 118 cm³/mol. The minimum atomic E-state index is -0.521. The Morgan fingerprint density at radius 1 is 1.13 bits per heavy atom. The number of carbonyl (C=O) groups is 1. The number of carbonyl (C=O) groups excluding carboxylic acids is 1. The van der Waals surface area contributed by atoms with Gasteiger partial charge < -0.3 is 15.5 Å². The minimum Gasteiger partial charge on any atom is -0.508 e. The maximum absolute atomic E-state index is 13.1. The maximum atomic E-state index is 13.1. The van der Waals surface area contributed by atoms with E-state index in [-0.39, 0.29) is 29.7 Å². The van der Waals surface area contributed by atoms with Crippen molar-refractivity contribution in [1.29, 1.82) is 0 Å². The summed E-state index contributed by atoms with van der Waals surface area (Å²) in [4.78, 5) is 13.1. The molecule has 0 bridgehead atoms. The molecule has 0 unspecified atom stereocenters. The Hall–Kier alpha value is -2.57. The van der Waals surface area contributed by atoms with Crippen LogP contribution < -0.4 is 10.3 Å². The van der Waals surface area contributed by atoms with Crippen LogP contribution >= 0.6 is 11.6 Å². The van der Waals surface area contributed by atoms with Crippen molar-refractivity contribution >= 4 is 28.9 Å². The number of amides is 1. The molecule has 1 aliphatic heterocycles. The molecule has 1 fully saturated rings. The van der Waals surface area contributed by atoms with E-state index in [1.807, 2.05) is 37.3 Å². The highest BCUT2D eigenvalue weighted by Gasteiger charge is 2.40. The summed E-state index contributed by atoms with van der Waals surface area (Å²) in [6, 6.07) is 13.8. The predicted octanol–water partition coefficient (Wildman–Crippen LogP) is 4.02. The smallest absolute Gasteiger partial charge is 0.268 e. The number of hydrogen-bond acceptors (Lipinski definition) is 5. The molecule has 4 atom stereocenters. The number of anilines is 1. The van der Waals surface area contributed by atoms with Gasteiger partial charge in [-0.25, -0.2) is 0 Å². The average Bonchev–Trinajstić information content (AvgIpc) is 3.08. The molecular weight excluding hydrogens is 402 g/mol. The van der Waals surface area contributed by atoms with E-state index in [2.05, 4.69) is 10.4 Å². The van der Waals surface area contributed by atoms with Gasteiger partial charge in [-0.2, -0.15) is 5.10 Å². The van der Waals surface area contributed by atoms with Gasteiger partial charge in [0, 0.05) is 5.92 Å². The van der Waals surface area contributed by atoms with Gasteiger partial charge in [-0.1, -0.05) is 55.6 Å². The summed E-state index contributed by atoms with van der Waals surface area (Å²) in [7, 11) is 0. The molecular formula is C23H26ClN3O3. The number of phenols is 1. The molecule has 0 radical (unpaired) electrons. The number of aliphatic hydroxyl groups excluding tert-OH is 1. The molecule has 0 aromatic heterocycles. The average molecular weight is 428 g/mol. The highest BCUT2D eigenvalue weighted by molar-refractivity contribution is 6.41. The third kappa shape index (κ3) is 4.02. The zero-order valence-electron chi connectivity index (χ0n) is 16.8. The molecule has 30 heavy (non-hydrogen) atoms. The Bertz CT molecular complexity index is 947. The number of nitrogens with one attached hydrogen (secondary N) is 1. The molecule has 2 aliphatic rings. The number of para-hydroxylation sites is 1. The van der Waals surface area contributed by atoms with Crippen LogP contribution in [0.2, 0.25) is 5.02 Å². The fourth-order valence-corrected chi connectivity index (χ4v) is 4.57. The first-order chi connectivity index (χ1) is 14.5. The first-order valence-electron chi connectivity index (χ1n) is 10.4. The third-order valence-electron chi connectivity index (χ3n) is 6.00. The second-order valence-electron chi connectivity index (χ2n) is 8.04. The second kappa shape index (κ2) is 8.66. The molecule has 1 heterocycles. The number of halogens is 1. The Kier molecular flexibility index (Phi) is 5.97. The van der Waals surface area contributed by atoms with E-state index in [0.717, 1.165) is 24.8 Å². The topological polar surface area (TPSA) is 85.2 Å². The van der Waals surface area contributed by atoms with Crippen molar-refractivity contribution < 1.29 is 15.0 Å². The summed E-state index contributed by atoms with van der Waals surface area (Å²) >= 11 is 6.45. The number of phenolic OH excluding ortho intramolecular Hbond substituents is 1. The standard InChI is InChI=1S/C23H26ClN3O3/c1-14-21(23(30)25-18-7-3-5-9-20(18)29)26-27(19-8-4-2-6-17(19)24)22(14)15-10-12-16(28)13-11-15/h2,4,6,8,10-14,18,20,22,28-29H,3,5,7,9H2,1H3,(H,25,30)/t14-,18+,20+,22+/m1/s1. The van der Waals surface area contributed by atoms with Gasteiger partial charge >= 0.3 is 0 Å². The number of hydrazone groups is 1. The van der Waals surface area contributed by atoms with Crippen LogP contribution in [0, 0.1) is 5.92 Å². The Balaban J connectivity index is 1.67. The fraction of sp³-hybridized carbons (Fsp3) is 0.391. The summed E-state index contributed by atoms with van der Waals surface area (Å²) < 4.78 is 0. The summed E-state index contributed by atoms with van der Waals surface area (Å²) in [5.41, 5.74) is 2.04. The zero-order valence-corrected chi connectivity index (χ0v) is 17.6. The lowest BCUT2D eigenvalue weighted by Gasteiger charge is -2.29. The molecule has 7 heteroatoms. The van der Waals surface area contributed by atoms with Crippen molar-refractivity contribution in [2.45, 2.75) is 50.8 Å². The second-order valence-corrected chi connectivity index (χ2v) is 8.45. The largest absolute Gasteiger partial charge is 0.508 e. The first-order valence-corrected chi connectivity index (χ1v) is 10.7. The van der Waals surface area contributed by atoms with Gasteiger partial charge in [-0.15, -0.1) is 0 Å². The molecule has 3 N–H and O–H groups in total. The van der Waals surface area contributed by atoms with Crippen LogP contribution in [0.15, 0.2) is 53.6 Å². The Morgan fingerprint density at radius 3 is 2.53 bits per heavy atom. The highest BCUT2D eigenvalue weighted by atomic mass is 35.5. The highest BCUT2D eigenvalue weighted by Crippen LogP contribution is 2.42. The monoisotopic (exact) mass is 427 g/mol. The molecule has 1 amide bonds. The molecule has 1 saturated carbocycles. The fourth-order valence-electron chi connectivity index (χ4n) is 4.35. The summed E-state index contributed by atoms with van der Waals surface area (Å²) in [6.45, 7) is 1.96. The van der Waals surface area contributed by atoms with E-state index in [9.17, 15) is 15.0 Å². The van der Waals surface area contributed by atoms with Crippen LogP contribution in [-0.4, -0.2) is 34.0 Å². The quantitative estimate of drug-likeness (QED) is 0.688. The minimum absolute atomic E-state index is 0.180. The van der Waals surface area contributed by atoms with Crippen LogP contribution in [0.25, 0.3) is 0 Å². The van der Waals surface area contributed by atoms with E-state index in [4.69, 9.17) is 11.6 Å². The SMILES string of the molecule is C[C@@H]1C(C(=O)N[C@H]2CCCC[C@@H]2O)=NN(c2ccccc2Cl)[C@@H]1c1ccc(O)cc1. The molecule has 2 aromatic rings. The van der Waals surface area contributed by atoms with E-state index in [1.54, 1.807) is 23.2 Å². The zero-order chi connectivity index (χ0) is 21.3. The summed E-state index contributed by atoms with van der Waals surface area (Å²) in [6.07, 6.45) is 2.92. The van der Waals surface area contributed by atoms with Gasteiger partial charge in [0.1, 0.15) is 11.5 Å². The lowest BCUT2D eigenvalue weighted by molar-refractivity contribution is -0.116. The number of benzene rings is 2. The number of aromatic hydroxyl groups is 1. The van der Waals surface area contributed by atoms with Crippen LogP contribution in [0.1, 0.15) is 44.2 Å². The molecule has 2 aromatic carbocycles. The number of hydrogen-bond donors (Lipinski definition) is 3. The molecule has 0 saturated heterocycles. The van der Waals surface area contributed by atoms with Crippen LogP contribution in [-0.2, 0) is 4.79 Å².